The number of amides is 2. The molecule has 0 unspecified atom stereocenters. The first-order valence-corrected chi connectivity index (χ1v) is 12.0. The molecule has 2 aromatic carbocycles. The van der Waals surface area contributed by atoms with E-state index >= 15 is 0 Å². The molecule has 0 N–H and O–H groups in total. The Morgan fingerprint density at radius 2 is 1.94 bits per heavy atom. The zero-order valence-corrected chi connectivity index (χ0v) is 20.9. The van der Waals surface area contributed by atoms with Gasteiger partial charge >= 0.3 is 5.97 Å². The lowest BCUT2D eigenvalue weighted by molar-refractivity contribution is -0.145. The highest BCUT2D eigenvalue weighted by molar-refractivity contribution is 14.1. The van der Waals surface area contributed by atoms with Gasteiger partial charge in [0.2, 0.25) is 0 Å². The van der Waals surface area contributed by atoms with Crippen molar-refractivity contribution in [1.82, 2.24) is 4.90 Å². The normalized spacial score (nSPS) is 14.7. The molecular weight excluding hydrogens is 564 g/mol. The summed E-state index contributed by atoms with van der Waals surface area (Å²) in [7, 11) is 0. The molecule has 3 rings (SSSR count). The zero-order chi connectivity index (χ0) is 24.0. The van der Waals surface area contributed by atoms with Crippen LogP contribution in [0.15, 0.2) is 41.3 Å². The summed E-state index contributed by atoms with van der Waals surface area (Å²) in [6.07, 6.45) is 1.57. The van der Waals surface area contributed by atoms with E-state index in [0.717, 1.165) is 16.7 Å². The van der Waals surface area contributed by atoms with Crippen LogP contribution in [0.4, 0.5) is 9.18 Å². The third-order valence-corrected chi connectivity index (χ3v) is 6.08. The fraction of sp³-hybridized carbons (Fsp3) is 0.261. The molecule has 7 nitrogen and oxygen atoms in total. The van der Waals surface area contributed by atoms with Crippen molar-refractivity contribution >= 4 is 57.5 Å². The van der Waals surface area contributed by atoms with Gasteiger partial charge in [0.15, 0.2) is 11.5 Å². The molecule has 1 saturated heterocycles. The molecule has 0 bridgehead atoms. The van der Waals surface area contributed by atoms with Crippen molar-refractivity contribution in [2.75, 3.05) is 19.8 Å². The van der Waals surface area contributed by atoms with Crippen LogP contribution >= 0.6 is 34.4 Å². The van der Waals surface area contributed by atoms with Gasteiger partial charge < -0.3 is 14.2 Å². The van der Waals surface area contributed by atoms with Gasteiger partial charge in [-0.15, -0.1) is 0 Å². The van der Waals surface area contributed by atoms with E-state index in [9.17, 15) is 18.8 Å². The topological polar surface area (TPSA) is 82.1 Å². The standard InChI is InChI=1S/C23H21FINO6S/c1-3-30-18-10-15(9-17(25)21(18)32-13-14-6-5-7-16(24)8-14)11-19-22(28)26(23(29)33-19)12-20(27)31-4-2/h5-11H,3-4,12-13H2,1-2H3/b19-11+. The molecular formula is C23H21FINO6S. The molecule has 33 heavy (non-hydrogen) atoms. The van der Waals surface area contributed by atoms with Crippen LogP contribution in [0.2, 0.25) is 0 Å². The van der Waals surface area contributed by atoms with E-state index in [2.05, 4.69) is 22.6 Å². The lowest BCUT2D eigenvalue weighted by Crippen LogP contribution is -2.34. The summed E-state index contributed by atoms with van der Waals surface area (Å²) in [6, 6.07) is 9.61. The Kier molecular flexibility index (Phi) is 8.73. The first-order valence-electron chi connectivity index (χ1n) is 10.1. The van der Waals surface area contributed by atoms with Crippen LogP contribution in [0.3, 0.4) is 0 Å². The number of halogens is 2. The molecule has 2 aromatic rings. The quantitative estimate of drug-likeness (QED) is 0.233. The van der Waals surface area contributed by atoms with Crippen molar-refractivity contribution in [3.05, 3.63) is 61.8 Å². The van der Waals surface area contributed by atoms with Gasteiger partial charge in [0.05, 0.1) is 21.7 Å². The maximum atomic E-state index is 13.4. The second-order valence-electron chi connectivity index (χ2n) is 6.75. The van der Waals surface area contributed by atoms with Crippen LogP contribution in [0.1, 0.15) is 25.0 Å². The third kappa shape index (κ3) is 6.47. The first kappa shape index (κ1) is 25.0. The fourth-order valence-electron chi connectivity index (χ4n) is 2.98. The molecule has 0 aromatic heterocycles. The van der Waals surface area contributed by atoms with Crippen molar-refractivity contribution in [1.29, 1.82) is 0 Å². The molecule has 0 saturated carbocycles. The molecule has 174 valence electrons. The average Bonchev–Trinajstić information content (AvgIpc) is 3.01. The maximum Gasteiger partial charge on any atom is 0.326 e. The van der Waals surface area contributed by atoms with E-state index in [0.29, 0.717) is 32.8 Å². The van der Waals surface area contributed by atoms with Crippen LogP contribution in [0, 0.1) is 9.39 Å². The molecule has 0 atom stereocenters. The number of imide groups is 1. The second kappa shape index (κ2) is 11.5. The van der Waals surface area contributed by atoms with Crippen LogP contribution in [-0.4, -0.2) is 41.8 Å². The highest BCUT2D eigenvalue weighted by atomic mass is 127. The molecule has 0 aliphatic carbocycles. The summed E-state index contributed by atoms with van der Waals surface area (Å²) >= 11 is 2.84. The molecule has 0 radical (unpaired) electrons. The Morgan fingerprint density at radius 3 is 2.64 bits per heavy atom. The van der Waals surface area contributed by atoms with Gasteiger partial charge in [0.1, 0.15) is 19.0 Å². The monoisotopic (exact) mass is 585 g/mol. The van der Waals surface area contributed by atoms with Gasteiger partial charge in [-0.1, -0.05) is 12.1 Å². The Hall–Kier alpha value is -2.60. The number of carbonyl (C=O) groups excluding carboxylic acids is 3. The van der Waals surface area contributed by atoms with Gasteiger partial charge in [-0.3, -0.25) is 19.3 Å². The van der Waals surface area contributed by atoms with Crippen molar-refractivity contribution < 1.29 is 33.0 Å². The Labute approximate surface area is 208 Å². The summed E-state index contributed by atoms with van der Waals surface area (Å²) < 4.78 is 30.6. The number of carbonyl (C=O) groups is 3. The summed E-state index contributed by atoms with van der Waals surface area (Å²) in [6.45, 7) is 3.75. The average molecular weight is 585 g/mol. The Bertz CT molecular complexity index is 1110. The molecule has 1 heterocycles. The smallest absolute Gasteiger partial charge is 0.326 e. The van der Waals surface area contributed by atoms with Gasteiger partial charge in [-0.25, -0.2) is 4.39 Å². The highest BCUT2D eigenvalue weighted by Gasteiger charge is 2.36. The fourth-order valence-corrected chi connectivity index (χ4v) is 4.60. The third-order valence-electron chi connectivity index (χ3n) is 4.37. The number of esters is 1. The van der Waals surface area contributed by atoms with Crippen molar-refractivity contribution in [3.8, 4) is 11.5 Å². The predicted molar refractivity (Wildman–Crippen MR) is 130 cm³/mol. The highest BCUT2D eigenvalue weighted by Crippen LogP contribution is 2.38. The lowest BCUT2D eigenvalue weighted by atomic mass is 10.1. The number of thioether (sulfide) groups is 1. The SMILES string of the molecule is CCOC(=O)CN1C(=O)S/C(=C/c2cc(I)c(OCc3cccc(F)c3)c(OCC)c2)C1=O. The van der Waals surface area contributed by atoms with Crippen LogP contribution < -0.4 is 9.47 Å². The number of benzene rings is 2. The number of nitrogens with zero attached hydrogens (tertiary/aromatic N) is 1. The van der Waals surface area contributed by atoms with E-state index in [1.807, 2.05) is 6.92 Å². The first-order chi connectivity index (χ1) is 15.8. The second-order valence-corrected chi connectivity index (χ2v) is 8.91. The Morgan fingerprint density at radius 1 is 1.15 bits per heavy atom. The number of ether oxygens (including phenoxy) is 3. The zero-order valence-electron chi connectivity index (χ0n) is 17.9. The Balaban J connectivity index is 1.82. The number of hydrogen-bond acceptors (Lipinski definition) is 7. The number of hydrogen-bond donors (Lipinski definition) is 0. The van der Waals surface area contributed by atoms with E-state index < -0.39 is 23.7 Å². The van der Waals surface area contributed by atoms with Gasteiger partial charge in [0, 0.05) is 0 Å². The summed E-state index contributed by atoms with van der Waals surface area (Å²) in [4.78, 5) is 37.6. The molecule has 1 aliphatic rings. The van der Waals surface area contributed by atoms with Crippen molar-refractivity contribution in [3.63, 3.8) is 0 Å². The number of rotatable bonds is 9. The molecule has 10 heteroatoms. The molecule has 1 fully saturated rings. The minimum Gasteiger partial charge on any atom is -0.490 e. The van der Waals surface area contributed by atoms with E-state index in [1.54, 1.807) is 37.3 Å². The van der Waals surface area contributed by atoms with E-state index in [-0.39, 0.29) is 23.9 Å². The van der Waals surface area contributed by atoms with Crippen molar-refractivity contribution in [2.45, 2.75) is 20.5 Å². The predicted octanol–water partition coefficient (Wildman–Crippen LogP) is 5.01. The maximum absolute atomic E-state index is 13.4. The van der Waals surface area contributed by atoms with E-state index in [4.69, 9.17) is 14.2 Å². The largest absolute Gasteiger partial charge is 0.490 e. The van der Waals surface area contributed by atoms with E-state index in [1.165, 1.54) is 12.1 Å². The minimum absolute atomic E-state index is 0.153. The van der Waals surface area contributed by atoms with Crippen molar-refractivity contribution in [2.24, 2.45) is 0 Å². The van der Waals surface area contributed by atoms with Crippen LogP contribution in [0.25, 0.3) is 6.08 Å². The summed E-state index contributed by atoms with van der Waals surface area (Å²) in [5.41, 5.74) is 1.30. The van der Waals surface area contributed by atoms with Crippen LogP contribution in [0.5, 0.6) is 11.5 Å². The summed E-state index contributed by atoms with van der Waals surface area (Å²) in [5.74, 6) is -0.596. The summed E-state index contributed by atoms with van der Waals surface area (Å²) in [5, 5.41) is -0.533. The van der Waals surface area contributed by atoms with Gasteiger partial charge in [0.25, 0.3) is 11.1 Å². The molecule has 0 spiro atoms. The minimum atomic E-state index is -0.644. The lowest BCUT2D eigenvalue weighted by Gasteiger charge is -2.15. The molecule has 1 aliphatic heterocycles. The molecule has 2 amide bonds. The van der Waals surface area contributed by atoms with Gasteiger partial charge in [-0.2, -0.15) is 0 Å². The van der Waals surface area contributed by atoms with Gasteiger partial charge in [-0.05, 0) is 89.7 Å². The van der Waals surface area contributed by atoms with Crippen LogP contribution in [-0.2, 0) is 20.9 Å².